The van der Waals surface area contributed by atoms with Crippen LogP contribution >= 0.6 is 0 Å². The summed E-state index contributed by atoms with van der Waals surface area (Å²) in [6.07, 6.45) is -2.91. The Hall–Kier alpha value is -2.90. The first-order valence-corrected chi connectivity index (χ1v) is 8.14. The molecule has 0 unspecified atom stereocenters. The van der Waals surface area contributed by atoms with Gasteiger partial charge in [0.25, 0.3) is 0 Å². The van der Waals surface area contributed by atoms with Crippen LogP contribution < -0.4 is 5.32 Å². The Morgan fingerprint density at radius 3 is 2.46 bits per heavy atom. The van der Waals surface area contributed by atoms with Gasteiger partial charge < -0.3 is 5.32 Å². The lowest BCUT2D eigenvalue weighted by Crippen LogP contribution is -2.14. The van der Waals surface area contributed by atoms with E-state index in [9.17, 15) is 13.2 Å². The molecule has 1 N–H and O–H groups in total. The summed E-state index contributed by atoms with van der Waals surface area (Å²) in [6, 6.07) is 9.91. The number of anilines is 1. The van der Waals surface area contributed by atoms with E-state index < -0.39 is 11.9 Å². The number of alkyl halides is 3. The summed E-state index contributed by atoms with van der Waals surface area (Å²) in [5, 5.41) is 7.01. The standard InChI is InChI=1S/C18H18F3N5/c1-3-26-14(8-9-23-26)11-22-17-24-15(10-16(25-17)18(19,20)21)13-6-4-12(2)5-7-13/h4-10H,3,11H2,1-2H3,(H,22,24,25). The fraction of sp³-hybridized carbons (Fsp3) is 0.278. The zero-order chi connectivity index (χ0) is 18.7. The Morgan fingerprint density at radius 1 is 1.08 bits per heavy atom. The van der Waals surface area contributed by atoms with Crippen LogP contribution in [-0.2, 0) is 19.3 Å². The summed E-state index contributed by atoms with van der Waals surface area (Å²) < 4.78 is 41.4. The number of hydrogen-bond donors (Lipinski definition) is 1. The minimum absolute atomic E-state index is 0.0701. The Labute approximate surface area is 148 Å². The number of hydrogen-bond acceptors (Lipinski definition) is 4. The van der Waals surface area contributed by atoms with E-state index in [4.69, 9.17) is 0 Å². The first-order chi connectivity index (χ1) is 12.4. The molecule has 0 radical (unpaired) electrons. The molecular formula is C18H18F3N5. The van der Waals surface area contributed by atoms with E-state index in [1.165, 1.54) is 0 Å². The Morgan fingerprint density at radius 2 is 1.81 bits per heavy atom. The molecule has 0 atom stereocenters. The predicted molar refractivity (Wildman–Crippen MR) is 92.4 cm³/mol. The van der Waals surface area contributed by atoms with E-state index in [2.05, 4.69) is 20.4 Å². The molecule has 0 amide bonds. The summed E-state index contributed by atoms with van der Waals surface area (Å²) in [5.74, 6) is -0.0701. The van der Waals surface area contributed by atoms with Crippen molar-refractivity contribution in [3.05, 3.63) is 59.5 Å². The lowest BCUT2D eigenvalue weighted by molar-refractivity contribution is -0.141. The molecule has 2 aromatic heterocycles. The van der Waals surface area contributed by atoms with Crippen molar-refractivity contribution in [2.75, 3.05) is 5.32 Å². The highest BCUT2D eigenvalue weighted by atomic mass is 19.4. The van der Waals surface area contributed by atoms with E-state index >= 15 is 0 Å². The lowest BCUT2D eigenvalue weighted by atomic mass is 10.1. The highest BCUT2D eigenvalue weighted by Crippen LogP contribution is 2.31. The normalized spacial score (nSPS) is 11.6. The van der Waals surface area contributed by atoms with E-state index in [0.717, 1.165) is 17.3 Å². The topological polar surface area (TPSA) is 55.6 Å². The fourth-order valence-electron chi connectivity index (χ4n) is 2.51. The molecule has 0 bridgehead atoms. The quantitative estimate of drug-likeness (QED) is 0.736. The zero-order valence-electron chi connectivity index (χ0n) is 14.4. The molecule has 0 saturated carbocycles. The largest absolute Gasteiger partial charge is 0.433 e. The molecule has 0 fully saturated rings. The van der Waals surface area contributed by atoms with Crippen molar-refractivity contribution in [1.29, 1.82) is 0 Å². The van der Waals surface area contributed by atoms with Gasteiger partial charge in [-0.25, -0.2) is 9.97 Å². The number of halogens is 3. The molecule has 136 valence electrons. The van der Waals surface area contributed by atoms with Gasteiger partial charge in [-0.2, -0.15) is 18.3 Å². The van der Waals surface area contributed by atoms with Crippen molar-refractivity contribution in [3.8, 4) is 11.3 Å². The molecule has 26 heavy (non-hydrogen) atoms. The van der Waals surface area contributed by atoms with E-state index in [1.54, 1.807) is 29.1 Å². The number of nitrogens with one attached hydrogen (secondary N) is 1. The third-order valence-electron chi connectivity index (χ3n) is 3.90. The third-order valence-corrected chi connectivity index (χ3v) is 3.90. The Bertz CT molecular complexity index is 885. The maximum Gasteiger partial charge on any atom is 0.433 e. The van der Waals surface area contributed by atoms with E-state index in [1.807, 2.05) is 26.0 Å². The number of nitrogens with zero attached hydrogens (tertiary/aromatic N) is 4. The monoisotopic (exact) mass is 361 g/mol. The van der Waals surface area contributed by atoms with Gasteiger partial charge in [-0.3, -0.25) is 4.68 Å². The van der Waals surface area contributed by atoms with Crippen LogP contribution in [0.1, 0.15) is 23.9 Å². The van der Waals surface area contributed by atoms with Crippen LogP contribution in [0, 0.1) is 6.92 Å². The molecule has 1 aromatic carbocycles. The highest BCUT2D eigenvalue weighted by Gasteiger charge is 2.33. The van der Waals surface area contributed by atoms with Crippen molar-refractivity contribution >= 4 is 5.95 Å². The molecule has 3 aromatic rings. The smallest absolute Gasteiger partial charge is 0.349 e. The van der Waals surface area contributed by atoms with Crippen LogP contribution in [0.4, 0.5) is 19.1 Å². The number of benzene rings is 1. The summed E-state index contributed by atoms with van der Waals surface area (Å²) >= 11 is 0. The van der Waals surface area contributed by atoms with Gasteiger partial charge >= 0.3 is 6.18 Å². The van der Waals surface area contributed by atoms with Gasteiger partial charge in [0.1, 0.15) is 0 Å². The average molecular weight is 361 g/mol. The van der Waals surface area contributed by atoms with Crippen LogP contribution in [0.25, 0.3) is 11.3 Å². The summed E-state index contributed by atoms with van der Waals surface area (Å²) in [7, 11) is 0. The maximum atomic E-state index is 13.2. The van der Waals surface area contributed by atoms with Crippen molar-refractivity contribution < 1.29 is 13.2 Å². The Kier molecular flexibility index (Phi) is 4.92. The Balaban J connectivity index is 1.93. The van der Waals surface area contributed by atoms with Crippen LogP contribution in [0.2, 0.25) is 0 Å². The minimum atomic E-state index is -4.55. The molecule has 0 aliphatic heterocycles. The second kappa shape index (κ2) is 7.15. The van der Waals surface area contributed by atoms with E-state index in [-0.39, 0.29) is 18.2 Å². The van der Waals surface area contributed by atoms with Crippen LogP contribution in [0.15, 0.2) is 42.6 Å². The molecule has 0 spiro atoms. The van der Waals surface area contributed by atoms with Crippen molar-refractivity contribution in [3.63, 3.8) is 0 Å². The second-order valence-electron chi connectivity index (χ2n) is 5.82. The minimum Gasteiger partial charge on any atom is -0.349 e. The van der Waals surface area contributed by atoms with Crippen LogP contribution in [0.5, 0.6) is 0 Å². The van der Waals surface area contributed by atoms with Gasteiger partial charge in [0.15, 0.2) is 5.69 Å². The fourth-order valence-corrected chi connectivity index (χ4v) is 2.51. The second-order valence-corrected chi connectivity index (χ2v) is 5.82. The third kappa shape index (κ3) is 4.01. The lowest BCUT2D eigenvalue weighted by Gasteiger charge is -2.12. The van der Waals surface area contributed by atoms with Gasteiger partial charge in [0.05, 0.1) is 17.9 Å². The number of aromatic nitrogens is 4. The van der Waals surface area contributed by atoms with Crippen molar-refractivity contribution in [2.24, 2.45) is 0 Å². The first kappa shape index (κ1) is 17.9. The van der Waals surface area contributed by atoms with Crippen molar-refractivity contribution in [2.45, 2.75) is 33.1 Å². The predicted octanol–water partition coefficient (Wildman–Crippen LogP) is 4.30. The summed E-state index contributed by atoms with van der Waals surface area (Å²) in [6.45, 7) is 4.80. The van der Waals surface area contributed by atoms with Gasteiger partial charge in [0.2, 0.25) is 5.95 Å². The highest BCUT2D eigenvalue weighted by molar-refractivity contribution is 5.61. The van der Waals surface area contributed by atoms with Gasteiger partial charge in [-0.15, -0.1) is 0 Å². The SMILES string of the molecule is CCn1nccc1CNc1nc(-c2ccc(C)cc2)cc(C(F)(F)F)n1. The molecule has 2 heterocycles. The van der Waals surface area contributed by atoms with Gasteiger partial charge in [-0.05, 0) is 26.0 Å². The maximum absolute atomic E-state index is 13.2. The molecule has 5 nitrogen and oxygen atoms in total. The van der Waals surface area contributed by atoms with Crippen LogP contribution in [0.3, 0.4) is 0 Å². The molecule has 0 aliphatic carbocycles. The van der Waals surface area contributed by atoms with E-state index in [0.29, 0.717) is 12.1 Å². The molecule has 8 heteroatoms. The zero-order valence-corrected chi connectivity index (χ0v) is 14.4. The number of aryl methyl sites for hydroxylation is 2. The molecule has 0 aliphatic rings. The summed E-state index contributed by atoms with van der Waals surface area (Å²) in [4.78, 5) is 7.88. The molecule has 3 rings (SSSR count). The van der Waals surface area contributed by atoms with Crippen LogP contribution in [-0.4, -0.2) is 19.7 Å². The number of rotatable bonds is 5. The average Bonchev–Trinajstić information content (AvgIpc) is 3.07. The summed E-state index contributed by atoms with van der Waals surface area (Å²) in [5.41, 5.74) is 1.70. The van der Waals surface area contributed by atoms with Gasteiger partial charge in [0, 0.05) is 18.3 Å². The molecule has 0 saturated heterocycles. The van der Waals surface area contributed by atoms with Crippen molar-refractivity contribution in [1.82, 2.24) is 19.7 Å². The molecular weight excluding hydrogens is 343 g/mol. The van der Waals surface area contributed by atoms with Gasteiger partial charge in [-0.1, -0.05) is 29.8 Å². The first-order valence-electron chi connectivity index (χ1n) is 8.14.